The number of hydrogen-bond donors (Lipinski definition) is 2. The van der Waals surface area contributed by atoms with Crippen LogP contribution in [0.15, 0.2) is 18.2 Å². The minimum Gasteiger partial charge on any atom is -0.350 e. The van der Waals surface area contributed by atoms with Gasteiger partial charge in [-0.2, -0.15) is 0 Å². The maximum absolute atomic E-state index is 13.6. The molecule has 3 rings (SSSR count). The third-order valence-electron chi connectivity index (χ3n) is 5.12. The van der Waals surface area contributed by atoms with Gasteiger partial charge in [-0.15, -0.1) is 0 Å². The van der Waals surface area contributed by atoms with Crippen molar-refractivity contribution in [3.8, 4) is 0 Å². The summed E-state index contributed by atoms with van der Waals surface area (Å²) in [4.78, 5) is 12.3. The molecule has 22 heavy (non-hydrogen) atoms. The van der Waals surface area contributed by atoms with Crippen molar-refractivity contribution in [3.05, 3.63) is 35.1 Å². The van der Waals surface area contributed by atoms with Crippen molar-refractivity contribution in [2.75, 3.05) is 0 Å². The number of hydrogen-bond acceptors (Lipinski definition) is 2. The molecule has 3 nitrogen and oxygen atoms in total. The lowest BCUT2D eigenvalue weighted by Gasteiger charge is -2.29. The lowest BCUT2D eigenvalue weighted by atomic mass is 9.89. The first-order valence-corrected chi connectivity index (χ1v) is 8.32. The topological polar surface area (TPSA) is 41.1 Å². The molecule has 2 heterocycles. The zero-order valence-corrected chi connectivity index (χ0v) is 13.4. The Morgan fingerprint density at radius 2 is 2.05 bits per heavy atom. The molecule has 3 atom stereocenters. The number of benzene rings is 1. The number of carbonyl (C=O) groups excluding carboxylic acids is 1. The maximum Gasteiger partial charge on any atom is 0.220 e. The normalized spacial score (nSPS) is 28.4. The molecule has 0 radical (unpaired) electrons. The lowest BCUT2D eigenvalue weighted by molar-refractivity contribution is -0.122. The Kier molecular flexibility index (Phi) is 4.48. The Bertz CT molecular complexity index is 548. The van der Waals surface area contributed by atoms with Gasteiger partial charge in [-0.1, -0.05) is 12.1 Å². The number of carbonyl (C=O) groups is 1. The van der Waals surface area contributed by atoms with Gasteiger partial charge < -0.3 is 10.6 Å². The first-order chi connectivity index (χ1) is 10.5. The fraction of sp³-hybridized carbons (Fsp3) is 0.611. The fourth-order valence-corrected chi connectivity index (χ4v) is 3.87. The van der Waals surface area contributed by atoms with Gasteiger partial charge in [-0.3, -0.25) is 4.79 Å². The minimum atomic E-state index is -0.214. The van der Waals surface area contributed by atoms with Crippen molar-refractivity contribution in [3.63, 3.8) is 0 Å². The summed E-state index contributed by atoms with van der Waals surface area (Å²) >= 11 is 0. The monoisotopic (exact) mass is 304 g/mol. The molecule has 2 N–H and O–H groups in total. The van der Waals surface area contributed by atoms with E-state index in [1.165, 1.54) is 18.9 Å². The minimum absolute atomic E-state index is 0.0831. The zero-order chi connectivity index (χ0) is 15.7. The second kappa shape index (κ2) is 6.37. The summed E-state index contributed by atoms with van der Waals surface area (Å²) in [5.41, 5.74) is 1.45. The van der Waals surface area contributed by atoms with Crippen LogP contribution in [-0.2, 0) is 4.79 Å². The molecule has 2 saturated heterocycles. The van der Waals surface area contributed by atoms with E-state index in [-0.39, 0.29) is 17.8 Å². The van der Waals surface area contributed by atoms with Crippen LogP contribution in [0.5, 0.6) is 0 Å². The molecule has 0 aliphatic carbocycles. The molecule has 2 aliphatic heterocycles. The average Bonchev–Trinajstić information content (AvgIpc) is 2.80. The third-order valence-corrected chi connectivity index (χ3v) is 5.12. The highest BCUT2D eigenvalue weighted by atomic mass is 19.1. The molecular weight excluding hydrogens is 279 g/mol. The molecular formula is C18H25FN2O. The van der Waals surface area contributed by atoms with Gasteiger partial charge in [0.15, 0.2) is 0 Å². The van der Waals surface area contributed by atoms with E-state index in [1.807, 2.05) is 13.0 Å². The molecule has 2 bridgehead atoms. The largest absolute Gasteiger partial charge is 0.350 e. The Hall–Kier alpha value is -1.42. The van der Waals surface area contributed by atoms with Crippen LogP contribution in [0.1, 0.15) is 56.2 Å². The fourth-order valence-electron chi connectivity index (χ4n) is 3.87. The molecule has 120 valence electrons. The number of aryl methyl sites for hydroxylation is 1. The van der Waals surface area contributed by atoms with Crippen molar-refractivity contribution in [2.24, 2.45) is 5.92 Å². The summed E-state index contributed by atoms with van der Waals surface area (Å²) in [6.07, 6.45) is 5.31. The average molecular weight is 304 g/mol. The highest BCUT2D eigenvalue weighted by molar-refractivity contribution is 5.76. The van der Waals surface area contributed by atoms with Gasteiger partial charge in [0.1, 0.15) is 5.82 Å². The van der Waals surface area contributed by atoms with Crippen molar-refractivity contribution >= 4 is 5.91 Å². The van der Waals surface area contributed by atoms with Crippen LogP contribution in [0.3, 0.4) is 0 Å². The lowest BCUT2D eigenvalue weighted by Crippen LogP contribution is -2.40. The summed E-state index contributed by atoms with van der Waals surface area (Å²) in [5, 5.41) is 6.61. The molecule has 0 aromatic heterocycles. The maximum atomic E-state index is 13.6. The second-order valence-corrected chi connectivity index (χ2v) is 6.98. The molecule has 0 saturated carbocycles. The Labute approximate surface area is 131 Å². The SMILES string of the molecule is Cc1ccc(C(C)NC(=O)CC2CC3CCC(C2)N3)cc1F. The van der Waals surface area contributed by atoms with Crippen LogP contribution in [-0.4, -0.2) is 18.0 Å². The molecule has 2 fully saturated rings. The van der Waals surface area contributed by atoms with E-state index in [1.54, 1.807) is 13.0 Å². The van der Waals surface area contributed by atoms with Crippen molar-refractivity contribution in [2.45, 2.75) is 64.1 Å². The van der Waals surface area contributed by atoms with Crippen LogP contribution in [0.4, 0.5) is 4.39 Å². The van der Waals surface area contributed by atoms with E-state index >= 15 is 0 Å². The van der Waals surface area contributed by atoms with Gasteiger partial charge in [0, 0.05) is 18.5 Å². The molecule has 2 aliphatic rings. The van der Waals surface area contributed by atoms with Crippen LogP contribution < -0.4 is 10.6 Å². The second-order valence-electron chi connectivity index (χ2n) is 6.98. The summed E-state index contributed by atoms with van der Waals surface area (Å²) in [5.74, 6) is 0.356. The molecule has 3 unspecified atom stereocenters. The van der Waals surface area contributed by atoms with Crippen LogP contribution in [0.2, 0.25) is 0 Å². The van der Waals surface area contributed by atoms with Crippen LogP contribution in [0.25, 0.3) is 0 Å². The van der Waals surface area contributed by atoms with Gasteiger partial charge in [-0.05, 0) is 62.6 Å². The van der Waals surface area contributed by atoms with Crippen molar-refractivity contribution in [1.82, 2.24) is 10.6 Å². The zero-order valence-electron chi connectivity index (χ0n) is 13.4. The first kappa shape index (κ1) is 15.5. The number of nitrogens with one attached hydrogen (secondary N) is 2. The van der Waals surface area contributed by atoms with Crippen LogP contribution in [0, 0.1) is 18.7 Å². The quantitative estimate of drug-likeness (QED) is 0.896. The van der Waals surface area contributed by atoms with Crippen LogP contribution >= 0.6 is 0 Å². The van der Waals surface area contributed by atoms with E-state index in [4.69, 9.17) is 0 Å². The van der Waals surface area contributed by atoms with Crippen molar-refractivity contribution in [1.29, 1.82) is 0 Å². The van der Waals surface area contributed by atoms with E-state index < -0.39 is 0 Å². The highest BCUT2D eigenvalue weighted by Gasteiger charge is 2.34. The van der Waals surface area contributed by atoms with Gasteiger partial charge in [-0.25, -0.2) is 4.39 Å². The van der Waals surface area contributed by atoms with Gasteiger partial charge >= 0.3 is 0 Å². The molecule has 1 amide bonds. The summed E-state index contributed by atoms with van der Waals surface area (Å²) in [6.45, 7) is 3.65. The number of fused-ring (bicyclic) bond motifs is 2. The standard InChI is InChI=1S/C18H25FN2O/c1-11-3-4-14(10-17(11)19)12(2)20-18(22)9-13-7-15-5-6-16(8-13)21-15/h3-4,10,12-13,15-16,21H,5-9H2,1-2H3,(H,20,22). The number of rotatable bonds is 4. The molecule has 1 aromatic carbocycles. The summed E-state index contributed by atoms with van der Waals surface area (Å²) in [7, 11) is 0. The van der Waals surface area contributed by atoms with E-state index in [9.17, 15) is 9.18 Å². The Balaban J connectivity index is 1.53. The van der Waals surface area contributed by atoms with Crippen molar-refractivity contribution < 1.29 is 9.18 Å². The predicted molar refractivity (Wildman–Crippen MR) is 85.0 cm³/mol. The van der Waals surface area contributed by atoms with E-state index in [0.717, 1.165) is 18.4 Å². The summed E-state index contributed by atoms with van der Waals surface area (Å²) < 4.78 is 13.6. The Morgan fingerprint density at radius 1 is 1.36 bits per heavy atom. The predicted octanol–water partition coefficient (Wildman–Crippen LogP) is 3.23. The van der Waals surface area contributed by atoms with E-state index in [0.29, 0.717) is 30.0 Å². The number of halogens is 1. The molecule has 0 spiro atoms. The third kappa shape index (κ3) is 3.49. The van der Waals surface area contributed by atoms with E-state index in [2.05, 4.69) is 10.6 Å². The van der Waals surface area contributed by atoms with Gasteiger partial charge in [0.25, 0.3) is 0 Å². The Morgan fingerprint density at radius 3 is 2.68 bits per heavy atom. The molecule has 4 heteroatoms. The number of piperidine rings is 1. The first-order valence-electron chi connectivity index (χ1n) is 8.32. The van der Waals surface area contributed by atoms with Gasteiger partial charge in [0.2, 0.25) is 5.91 Å². The van der Waals surface area contributed by atoms with Gasteiger partial charge in [0.05, 0.1) is 6.04 Å². The summed E-state index contributed by atoms with van der Waals surface area (Å²) in [6, 6.07) is 6.23. The smallest absolute Gasteiger partial charge is 0.220 e. The molecule has 1 aromatic rings. The number of amides is 1. The highest BCUT2D eigenvalue weighted by Crippen LogP contribution is 2.32.